The van der Waals surface area contributed by atoms with Gasteiger partial charge in [0.1, 0.15) is 5.69 Å². The second kappa shape index (κ2) is 6.67. The van der Waals surface area contributed by atoms with Crippen LogP contribution in [0.4, 0.5) is 0 Å². The molecule has 0 aliphatic carbocycles. The molecule has 2 aromatic heterocycles. The van der Waals surface area contributed by atoms with Gasteiger partial charge in [-0.15, -0.1) is 11.8 Å². The number of H-pyrrole nitrogens is 1. The highest BCUT2D eigenvalue weighted by Gasteiger charge is 2.08. The number of hydrogen-bond donors (Lipinski definition) is 1. The Morgan fingerprint density at radius 1 is 1.23 bits per heavy atom. The van der Waals surface area contributed by atoms with Crippen molar-refractivity contribution in [1.82, 2.24) is 19.9 Å². The van der Waals surface area contributed by atoms with E-state index < -0.39 is 0 Å². The summed E-state index contributed by atoms with van der Waals surface area (Å²) < 4.78 is 2.00. The van der Waals surface area contributed by atoms with Crippen molar-refractivity contribution in [1.29, 1.82) is 0 Å². The molecule has 0 atom stereocenters. The van der Waals surface area contributed by atoms with Crippen molar-refractivity contribution >= 4 is 30.2 Å². The largest absolute Gasteiger partial charge is 0.253 e. The minimum absolute atomic E-state index is 0.428. The summed E-state index contributed by atoms with van der Waals surface area (Å²) in [5, 5.41) is 11.4. The zero-order valence-corrected chi connectivity index (χ0v) is 13.4. The summed E-state index contributed by atoms with van der Waals surface area (Å²) in [5.41, 5.74) is 1.71. The third-order valence-electron chi connectivity index (χ3n) is 2.98. The molecule has 1 N–H and O–H groups in total. The summed E-state index contributed by atoms with van der Waals surface area (Å²) in [5.74, 6) is 0.586. The fourth-order valence-electron chi connectivity index (χ4n) is 1.87. The molecule has 0 aliphatic rings. The lowest BCUT2D eigenvalue weighted by Gasteiger charge is -2.00. The molecule has 0 unspecified atom stereocenters. The van der Waals surface area contributed by atoms with Crippen molar-refractivity contribution in [2.24, 2.45) is 5.10 Å². The van der Waals surface area contributed by atoms with E-state index in [9.17, 15) is 0 Å². The number of hydrogen-bond acceptors (Lipinski definition) is 5. The Labute approximate surface area is 137 Å². The molecule has 0 saturated carbocycles. The van der Waals surface area contributed by atoms with Gasteiger partial charge < -0.3 is 0 Å². The zero-order valence-electron chi connectivity index (χ0n) is 11.8. The minimum Gasteiger partial charge on any atom is -0.253 e. The molecular weight excluding hydrogens is 314 g/mol. The van der Waals surface area contributed by atoms with Crippen molar-refractivity contribution in [3.8, 4) is 11.5 Å². The number of rotatable bonds is 4. The van der Waals surface area contributed by atoms with Crippen LogP contribution in [-0.4, -0.2) is 32.3 Å². The van der Waals surface area contributed by atoms with E-state index in [1.54, 1.807) is 28.8 Å². The van der Waals surface area contributed by atoms with Gasteiger partial charge in [-0.2, -0.15) is 14.9 Å². The van der Waals surface area contributed by atoms with Crippen molar-refractivity contribution in [3.63, 3.8) is 0 Å². The molecule has 0 fully saturated rings. The monoisotopic (exact) mass is 327 g/mol. The first-order chi connectivity index (χ1) is 10.8. The molecule has 0 saturated heterocycles. The number of aromatic amines is 1. The van der Waals surface area contributed by atoms with Crippen LogP contribution in [0.2, 0.25) is 0 Å². The highest BCUT2D eigenvalue weighted by atomic mass is 32.2. The van der Waals surface area contributed by atoms with Crippen molar-refractivity contribution < 1.29 is 0 Å². The maximum atomic E-state index is 5.23. The standard InChI is InChI=1S/C15H13N5S2/c1-22-12-7-5-11(6-8-12)10-17-20-14(18-19-15(20)21)13-4-2-3-9-16-13/h2-10H,1H3,(H,19,21)/b17-10-. The van der Waals surface area contributed by atoms with Gasteiger partial charge in [0.15, 0.2) is 0 Å². The van der Waals surface area contributed by atoms with Crippen LogP contribution in [0.15, 0.2) is 58.7 Å². The van der Waals surface area contributed by atoms with Gasteiger partial charge >= 0.3 is 0 Å². The van der Waals surface area contributed by atoms with Crippen molar-refractivity contribution in [3.05, 3.63) is 59.0 Å². The van der Waals surface area contributed by atoms with Gasteiger partial charge in [0.25, 0.3) is 0 Å². The van der Waals surface area contributed by atoms with E-state index >= 15 is 0 Å². The lowest BCUT2D eigenvalue weighted by Crippen LogP contribution is -1.96. The van der Waals surface area contributed by atoms with Crippen molar-refractivity contribution in [2.45, 2.75) is 4.90 Å². The molecular formula is C15H13N5S2. The maximum Gasteiger partial charge on any atom is 0.216 e. The third-order valence-corrected chi connectivity index (χ3v) is 3.99. The number of thioether (sulfide) groups is 1. The summed E-state index contributed by atoms with van der Waals surface area (Å²) in [6.45, 7) is 0. The normalized spacial score (nSPS) is 11.1. The van der Waals surface area contributed by atoms with E-state index in [-0.39, 0.29) is 0 Å². The third kappa shape index (κ3) is 3.15. The summed E-state index contributed by atoms with van der Waals surface area (Å²) in [6.07, 6.45) is 5.51. The second-order valence-electron chi connectivity index (χ2n) is 4.40. The maximum absolute atomic E-state index is 5.23. The topological polar surface area (TPSA) is 58.9 Å². The molecule has 1 aromatic carbocycles. The second-order valence-corrected chi connectivity index (χ2v) is 5.66. The summed E-state index contributed by atoms with van der Waals surface area (Å²) in [6, 6.07) is 13.8. The van der Waals surface area contributed by atoms with E-state index in [0.29, 0.717) is 16.3 Å². The molecule has 0 aliphatic heterocycles. The van der Waals surface area contributed by atoms with Crippen LogP contribution in [0.3, 0.4) is 0 Å². The Bertz CT molecular complexity index is 834. The van der Waals surface area contributed by atoms with Crippen LogP contribution in [0.5, 0.6) is 0 Å². The summed E-state index contributed by atoms with van der Waals surface area (Å²) in [4.78, 5) is 5.49. The van der Waals surface area contributed by atoms with Gasteiger partial charge in [0.2, 0.25) is 10.6 Å². The number of aromatic nitrogens is 4. The predicted molar refractivity (Wildman–Crippen MR) is 91.9 cm³/mol. The molecule has 3 aromatic rings. The molecule has 3 rings (SSSR count). The van der Waals surface area contributed by atoms with Gasteiger partial charge in [0, 0.05) is 11.1 Å². The fraction of sp³-hybridized carbons (Fsp3) is 0.0667. The first-order valence-electron chi connectivity index (χ1n) is 6.55. The Hall–Kier alpha value is -2.25. The Morgan fingerprint density at radius 2 is 2.05 bits per heavy atom. The van der Waals surface area contributed by atoms with Crippen LogP contribution < -0.4 is 0 Å². The molecule has 0 amide bonds. The quantitative estimate of drug-likeness (QED) is 0.452. The first-order valence-corrected chi connectivity index (χ1v) is 8.18. The van der Waals surface area contributed by atoms with Gasteiger partial charge in [-0.1, -0.05) is 18.2 Å². The lowest BCUT2D eigenvalue weighted by atomic mass is 10.2. The predicted octanol–water partition coefficient (Wildman–Crippen LogP) is 3.61. The minimum atomic E-state index is 0.428. The highest BCUT2D eigenvalue weighted by Crippen LogP contribution is 2.15. The zero-order chi connectivity index (χ0) is 15.4. The number of nitrogens with one attached hydrogen (secondary N) is 1. The molecule has 2 heterocycles. The molecule has 0 radical (unpaired) electrons. The molecule has 110 valence electrons. The van der Waals surface area contributed by atoms with E-state index in [1.165, 1.54) is 4.90 Å². The highest BCUT2D eigenvalue weighted by molar-refractivity contribution is 7.98. The number of benzene rings is 1. The average molecular weight is 327 g/mol. The fourth-order valence-corrected chi connectivity index (χ4v) is 2.46. The summed E-state index contributed by atoms with van der Waals surface area (Å²) in [7, 11) is 0. The first kappa shape index (κ1) is 14.7. The van der Waals surface area contributed by atoms with Gasteiger partial charge in [-0.05, 0) is 48.3 Å². The van der Waals surface area contributed by atoms with Crippen LogP contribution in [0, 0.1) is 4.77 Å². The Kier molecular flexibility index (Phi) is 4.45. The van der Waals surface area contributed by atoms with Crippen LogP contribution >= 0.6 is 24.0 Å². The van der Waals surface area contributed by atoms with E-state index in [4.69, 9.17) is 12.2 Å². The average Bonchev–Trinajstić information content (AvgIpc) is 2.95. The van der Waals surface area contributed by atoms with E-state index in [1.807, 2.05) is 36.6 Å². The molecule has 5 nitrogen and oxygen atoms in total. The van der Waals surface area contributed by atoms with Crippen LogP contribution in [-0.2, 0) is 0 Å². The number of pyridine rings is 1. The smallest absolute Gasteiger partial charge is 0.216 e. The van der Waals surface area contributed by atoms with Gasteiger partial charge in [-0.25, -0.2) is 5.10 Å². The molecule has 7 heteroatoms. The molecule has 0 bridgehead atoms. The summed E-state index contributed by atoms with van der Waals surface area (Å²) >= 11 is 6.93. The van der Waals surface area contributed by atoms with Gasteiger partial charge in [-0.3, -0.25) is 4.98 Å². The van der Waals surface area contributed by atoms with Gasteiger partial charge in [0.05, 0.1) is 6.21 Å². The van der Waals surface area contributed by atoms with Crippen molar-refractivity contribution in [2.75, 3.05) is 6.26 Å². The Balaban J connectivity index is 1.93. The lowest BCUT2D eigenvalue weighted by molar-refractivity contribution is 0.867. The number of nitrogens with zero attached hydrogens (tertiary/aromatic N) is 4. The Morgan fingerprint density at radius 3 is 2.73 bits per heavy atom. The van der Waals surface area contributed by atoms with E-state index in [2.05, 4.69) is 32.4 Å². The molecule has 0 spiro atoms. The SMILES string of the molecule is CSc1ccc(/C=N\n2c(-c3ccccn3)n[nH]c2=S)cc1. The molecule has 22 heavy (non-hydrogen) atoms. The van der Waals surface area contributed by atoms with Crippen LogP contribution in [0.25, 0.3) is 11.5 Å². The van der Waals surface area contributed by atoms with Crippen LogP contribution in [0.1, 0.15) is 5.56 Å². The van der Waals surface area contributed by atoms with E-state index in [0.717, 1.165) is 5.56 Å².